The van der Waals surface area contributed by atoms with Crippen LogP contribution in [0.5, 0.6) is 23.0 Å². The maximum Gasteiger partial charge on any atom is 0.337 e. The van der Waals surface area contributed by atoms with Crippen molar-refractivity contribution in [2.45, 2.75) is 26.1 Å². The summed E-state index contributed by atoms with van der Waals surface area (Å²) in [5.41, 5.74) is 4.42. The van der Waals surface area contributed by atoms with Crippen molar-refractivity contribution in [2.24, 2.45) is 5.10 Å². The zero-order valence-corrected chi connectivity index (χ0v) is 24.4. The lowest BCUT2D eigenvalue weighted by atomic mass is 9.95. The molecule has 0 saturated heterocycles. The molecule has 0 aromatic heterocycles. The van der Waals surface area contributed by atoms with E-state index in [1.807, 2.05) is 6.07 Å². The minimum atomic E-state index is -1.18. The Hall–Kier alpha value is -4.48. The first kappa shape index (κ1) is 31.1. The average molecular weight is 632 g/mol. The molecule has 1 aliphatic heterocycles. The number of hydrogen-bond donors (Lipinski definition) is 4. The number of aliphatic hydroxyl groups excluding tert-OH is 1. The summed E-state index contributed by atoms with van der Waals surface area (Å²) in [5, 5.41) is 28.5. The van der Waals surface area contributed by atoms with Gasteiger partial charge in [0.25, 0.3) is 0 Å². The number of rotatable bonds is 13. The van der Waals surface area contributed by atoms with Crippen molar-refractivity contribution >= 4 is 34.1 Å². The summed E-state index contributed by atoms with van der Waals surface area (Å²) in [6.45, 7) is 3.43. The fourth-order valence-electron chi connectivity index (χ4n) is 3.85. The predicted molar refractivity (Wildman–Crippen MR) is 151 cm³/mol. The number of amides is 2. The Morgan fingerprint density at radius 2 is 1.95 bits per heavy atom. The van der Waals surface area contributed by atoms with E-state index in [0.717, 1.165) is 0 Å². The summed E-state index contributed by atoms with van der Waals surface area (Å²) in [5.74, 6) is 0.910. The fourth-order valence-corrected chi connectivity index (χ4v) is 4.27. The lowest BCUT2D eigenvalue weighted by molar-refractivity contribution is -0.136. The zero-order valence-electron chi connectivity index (χ0n) is 22.8. The molecule has 4 N–H and O–H groups in total. The molecule has 0 spiro atoms. The fraction of sp³-hybridized carbons (Fsp3) is 0.333. The van der Waals surface area contributed by atoms with E-state index >= 15 is 0 Å². The van der Waals surface area contributed by atoms with E-state index in [2.05, 4.69) is 37.1 Å². The molecule has 2 atom stereocenters. The number of ether oxygens (including phenoxy) is 5. The molecule has 0 fully saturated rings. The van der Waals surface area contributed by atoms with Gasteiger partial charge >= 0.3 is 12.0 Å². The van der Waals surface area contributed by atoms with Gasteiger partial charge in [-0.2, -0.15) is 10.4 Å². The van der Waals surface area contributed by atoms with E-state index in [0.29, 0.717) is 50.9 Å². The number of carbonyl (C=O) groups is 2. The van der Waals surface area contributed by atoms with Gasteiger partial charge in [0.1, 0.15) is 12.7 Å². The van der Waals surface area contributed by atoms with Gasteiger partial charge in [-0.05, 0) is 59.6 Å². The third-order valence-electron chi connectivity index (χ3n) is 5.67. The maximum atomic E-state index is 12.4. The van der Waals surface area contributed by atoms with Gasteiger partial charge in [0.05, 0.1) is 38.7 Å². The topological polar surface area (TPSA) is 173 Å². The van der Waals surface area contributed by atoms with Crippen LogP contribution in [0.15, 0.2) is 51.2 Å². The maximum absolute atomic E-state index is 12.4. The van der Waals surface area contributed by atoms with Crippen molar-refractivity contribution in [1.82, 2.24) is 16.1 Å². The van der Waals surface area contributed by atoms with Crippen LogP contribution < -0.4 is 35.0 Å². The molecule has 3 rings (SSSR count). The molecule has 0 radical (unpaired) electrons. The van der Waals surface area contributed by atoms with Crippen LogP contribution in [0.1, 0.15) is 31.0 Å². The summed E-state index contributed by atoms with van der Waals surface area (Å²) in [4.78, 5) is 24.5. The number of benzene rings is 2. The Bertz CT molecular complexity index is 1370. The third-order valence-corrected chi connectivity index (χ3v) is 6.36. The average Bonchev–Trinajstić information content (AvgIpc) is 2.95. The Morgan fingerprint density at radius 3 is 2.63 bits per heavy atom. The number of nitrogens with zero attached hydrogens (tertiary/aromatic N) is 2. The smallest absolute Gasteiger partial charge is 0.337 e. The summed E-state index contributed by atoms with van der Waals surface area (Å²) < 4.78 is 27.7. The van der Waals surface area contributed by atoms with Crippen LogP contribution in [0.3, 0.4) is 0 Å². The molecule has 14 heteroatoms. The molecular weight excluding hydrogens is 602 g/mol. The van der Waals surface area contributed by atoms with Crippen LogP contribution in [-0.4, -0.2) is 63.6 Å². The van der Waals surface area contributed by atoms with Crippen LogP contribution in [0.25, 0.3) is 0 Å². The van der Waals surface area contributed by atoms with Crippen molar-refractivity contribution in [2.75, 3.05) is 34.0 Å². The first-order valence-corrected chi connectivity index (χ1v) is 13.1. The second-order valence-corrected chi connectivity index (χ2v) is 9.24. The number of urea groups is 1. The Morgan fingerprint density at radius 1 is 1.20 bits per heavy atom. The lowest BCUT2D eigenvalue weighted by Gasteiger charge is -2.28. The van der Waals surface area contributed by atoms with E-state index in [9.17, 15) is 14.7 Å². The van der Waals surface area contributed by atoms with Gasteiger partial charge in [0.2, 0.25) is 0 Å². The number of nitrogens with one attached hydrogen (secondary N) is 3. The molecule has 0 saturated carbocycles. The van der Waals surface area contributed by atoms with Gasteiger partial charge in [-0.3, -0.25) is 5.43 Å². The molecular formula is C27H30BrN5O8. The highest BCUT2D eigenvalue weighted by atomic mass is 79.9. The highest BCUT2D eigenvalue weighted by Gasteiger charge is 2.32. The van der Waals surface area contributed by atoms with Crippen molar-refractivity contribution in [3.8, 4) is 29.1 Å². The number of hydrazone groups is 1. The third kappa shape index (κ3) is 8.03. The molecule has 2 aromatic carbocycles. The van der Waals surface area contributed by atoms with E-state index < -0.39 is 24.3 Å². The van der Waals surface area contributed by atoms with E-state index in [4.69, 9.17) is 28.9 Å². The van der Waals surface area contributed by atoms with Crippen molar-refractivity contribution < 1.29 is 38.4 Å². The number of carbonyl (C=O) groups excluding carboxylic acids is 2. The molecule has 13 nitrogen and oxygen atoms in total. The molecule has 41 heavy (non-hydrogen) atoms. The van der Waals surface area contributed by atoms with Crippen LogP contribution in [0.4, 0.5) is 4.79 Å². The predicted octanol–water partition coefficient (Wildman–Crippen LogP) is 2.88. The summed E-state index contributed by atoms with van der Waals surface area (Å²) >= 11 is 3.42. The van der Waals surface area contributed by atoms with E-state index in [-0.39, 0.29) is 18.8 Å². The molecule has 2 aromatic rings. The van der Waals surface area contributed by atoms with Gasteiger partial charge < -0.3 is 39.4 Å². The minimum absolute atomic E-state index is 0.127. The van der Waals surface area contributed by atoms with Gasteiger partial charge in [-0.15, -0.1) is 0 Å². The SMILES string of the molecule is CCOc1cc([C@@H]2NC(=O)NC(C)=C2C(=O)OC)ccc1OC[C@@H](O)N/N=C\c1cc(OC)c(OCC#N)cc1Br. The monoisotopic (exact) mass is 631 g/mol. The van der Waals surface area contributed by atoms with Crippen LogP contribution in [-0.2, 0) is 9.53 Å². The van der Waals surface area contributed by atoms with E-state index in [1.54, 1.807) is 44.2 Å². The molecule has 1 heterocycles. The Kier molecular flexibility index (Phi) is 11.2. The van der Waals surface area contributed by atoms with E-state index in [1.165, 1.54) is 20.4 Å². The quantitative estimate of drug-likeness (QED) is 0.111. The standard InChI is InChI=1S/C27H30BrN5O8/c1-5-39-21-10-16(25-24(26(35)38-4)15(2)31-27(36)32-25)6-7-19(21)41-14-23(34)33-30-13-17-11-20(37-3)22(12-18(17)28)40-9-8-29/h6-7,10-13,23,25,33-34H,5,9,14H2,1-4H3,(H2,31,32,36)/b30-13-/t23-,25+/m1/s1. The highest BCUT2D eigenvalue weighted by molar-refractivity contribution is 9.10. The highest BCUT2D eigenvalue weighted by Crippen LogP contribution is 2.35. The number of aliphatic hydroxyl groups is 1. The Balaban J connectivity index is 1.69. The van der Waals surface area contributed by atoms with Gasteiger partial charge in [0.15, 0.2) is 35.8 Å². The first-order valence-electron chi connectivity index (χ1n) is 12.3. The number of hydrogen-bond acceptors (Lipinski definition) is 11. The van der Waals surface area contributed by atoms with Crippen molar-refractivity contribution in [3.63, 3.8) is 0 Å². The molecule has 0 unspecified atom stereocenters. The number of halogens is 1. The minimum Gasteiger partial charge on any atom is -0.493 e. The van der Waals surface area contributed by atoms with Gasteiger partial charge in [-0.25, -0.2) is 9.59 Å². The largest absolute Gasteiger partial charge is 0.493 e. The zero-order chi connectivity index (χ0) is 29.9. The Labute approximate surface area is 245 Å². The summed E-state index contributed by atoms with van der Waals surface area (Å²) in [6.07, 6.45) is 0.283. The number of allylic oxidation sites excluding steroid dienone is 1. The molecule has 1 aliphatic rings. The van der Waals surface area contributed by atoms with Gasteiger partial charge in [-0.1, -0.05) is 6.07 Å². The van der Waals surface area contributed by atoms with Crippen molar-refractivity contribution in [3.05, 3.63) is 57.2 Å². The van der Waals surface area contributed by atoms with Crippen LogP contribution >= 0.6 is 15.9 Å². The summed E-state index contributed by atoms with van der Waals surface area (Å²) in [7, 11) is 2.74. The summed E-state index contributed by atoms with van der Waals surface area (Å²) in [6, 6.07) is 8.93. The second-order valence-electron chi connectivity index (χ2n) is 8.39. The number of methoxy groups -OCH3 is 2. The molecule has 2 amide bonds. The normalized spacial score (nSPS) is 15.3. The molecule has 0 aliphatic carbocycles. The number of esters is 1. The molecule has 0 bridgehead atoms. The lowest BCUT2D eigenvalue weighted by Crippen LogP contribution is -2.45. The van der Waals surface area contributed by atoms with Crippen molar-refractivity contribution in [1.29, 1.82) is 5.26 Å². The second kappa shape index (κ2) is 14.8. The molecule has 218 valence electrons. The first-order chi connectivity index (χ1) is 19.7. The number of nitriles is 1. The van der Waals surface area contributed by atoms with Gasteiger partial charge in [0, 0.05) is 15.7 Å². The van der Waals surface area contributed by atoms with Crippen LogP contribution in [0, 0.1) is 11.3 Å². The van der Waals surface area contributed by atoms with Crippen LogP contribution in [0.2, 0.25) is 0 Å².